The smallest absolute Gasteiger partial charge is 0.392 e. The number of alkyl halides is 3. The van der Waals surface area contributed by atoms with Crippen LogP contribution in [0.1, 0.15) is 38.5 Å². The molecule has 5 heteroatoms. The Morgan fingerprint density at radius 3 is 2.33 bits per heavy atom. The molecule has 1 fully saturated rings. The molecule has 0 heterocycles. The van der Waals surface area contributed by atoms with Crippen molar-refractivity contribution in [1.29, 1.82) is 0 Å². The van der Waals surface area contributed by atoms with Crippen LogP contribution in [0.3, 0.4) is 0 Å². The van der Waals surface area contributed by atoms with Crippen LogP contribution in [-0.4, -0.2) is 12.1 Å². The molecule has 2 rings (SSSR count). The van der Waals surface area contributed by atoms with E-state index in [1.165, 1.54) is 0 Å². The number of hydrogen-bond donors (Lipinski definition) is 0. The average molecular weight is 300 g/mol. The van der Waals surface area contributed by atoms with E-state index in [1.54, 1.807) is 30.3 Å². The molecule has 1 saturated carbocycles. The third-order valence-corrected chi connectivity index (χ3v) is 4.00. The van der Waals surface area contributed by atoms with Crippen molar-refractivity contribution in [3.05, 3.63) is 30.3 Å². The Morgan fingerprint density at radius 1 is 1.14 bits per heavy atom. The van der Waals surface area contributed by atoms with E-state index in [4.69, 9.17) is 4.74 Å². The van der Waals surface area contributed by atoms with Gasteiger partial charge in [-0.25, -0.2) is 0 Å². The SMILES string of the molecule is O=C(C[C@@H](C1CCCCC1)C(F)(F)F)Oc1ccccc1. The van der Waals surface area contributed by atoms with E-state index in [9.17, 15) is 18.0 Å². The number of ether oxygens (including phenoxy) is 1. The predicted molar refractivity (Wildman–Crippen MR) is 72.8 cm³/mol. The molecule has 1 aromatic rings. The summed E-state index contributed by atoms with van der Waals surface area (Å²) in [5, 5.41) is 0. The lowest BCUT2D eigenvalue weighted by atomic mass is 9.78. The van der Waals surface area contributed by atoms with Gasteiger partial charge in [-0.1, -0.05) is 37.5 Å². The standard InChI is InChI=1S/C16H19F3O2/c17-16(18,19)14(12-7-3-1-4-8-12)11-15(20)21-13-9-5-2-6-10-13/h2,5-6,9-10,12,14H,1,3-4,7-8,11H2/t14-/m0/s1. The molecule has 0 unspecified atom stereocenters. The monoisotopic (exact) mass is 300 g/mol. The minimum Gasteiger partial charge on any atom is -0.427 e. The number of rotatable bonds is 4. The summed E-state index contributed by atoms with van der Waals surface area (Å²) in [6.45, 7) is 0. The van der Waals surface area contributed by atoms with Crippen LogP contribution in [0.2, 0.25) is 0 Å². The first-order valence-electron chi connectivity index (χ1n) is 7.29. The fourth-order valence-electron chi connectivity index (χ4n) is 2.93. The maximum atomic E-state index is 13.2. The summed E-state index contributed by atoms with van der Waals surface area (Å²) in [5.74, 6) is -2.57. The lowest BCUT2D eigenvalue weighted by Crippen LogP contribution is -2.34. The summed E-state index contributed by atoms with van der Waals surface area (Å²) in [7, 11) is 0. The Hall–Kier alpha value is -1.52. The quantitative estimate of drug-likeness (QED) is 0.593. The van der Waals surface area contributed by atoms with Crippen LogP contribution in [0, 0.1) is 11.8 Å². The molecular weight excluding hydrogens is 281 g/mol. The molecule has 0 bridgehead atoms. The zero-order chi connectivity index (χ0) is 15.3. The van der Waals surface area contributed by atoms with Crippen molar-refractivity contribution in [3.8, 4) is 5.75 Å². The summed E-state index contributed by atoms with van der Waals surface area (Å²) >= 11 is 0. The van der Waals surface area contributed by atoms with E-state index in [2.05, 4.69) is 0 Å². The van der Waals surface area contributed by atoms with Gasteiger partial charge in [-0.05, 0) is 30.9 Å². The lowest BCUT2D eigenvalue weighted by molar-refractivity contribution is -0.197. The van der Waals surface area contributed by atoms with E-state index in [0.29, 0.717) is 12.8 Å². The number of carbonyl (C=O) groups is 1. The molecule has 1 aliphatic rings. The third kappa shape index (κ3) is 4.76. The van der Waals surface area contributed by atoms with E-state index in [1.807, 2.05) is 0 Å². The van der Waals surface area contributed by atoms with Crippen molar-refractivity contribution in [2.75, 3.05) is 0 Å². The van der Waals surface area contributed by atoms with E-state index in [0.717, 1.165) is 19.3 Å². The summed E-state index contributed by atoms with van der Waals surface area (Å²) in [6, 6.07) is 8.20. The zero-order valence-electron chi connectivity index (χ0n) is 11.7. The van der Waals surface area contributed by atoms with Gasteiger partial charge in [0.1, 0.15) is 5.75 Å². The minimum absolute atomic E-state index is 0.284. The van der Waals surface area contributed by atoms with Gasteiger partial charge in [-0.3, -0.25) is 4.79 Å². The van der Waals surface area contributed by atoms with Gasteiger partial charge in [-0.2, -0.15) is 13.2 Å². The first-order chi connectivity index (χ1) is 9.97. The third-order valence-electron chi connectivity index (χ3n) is 4.00. The molecule has 2 nitrogen and oxygen atoms in total. The fraction of sp³-hybridized carbons (Fsp3) is 0.562. The highest BCUT2D eigenvalue weighted by Crippen LogP contribution is 2.41. The Kier molecular flexibility index (Phi) is 5.26. The predicted octanol–water partition coefficient (Wildman–Crippen LogP) is 4.74. The molecule has 0 radical (unpaired) electrons. The number of carbonyl (C=O) groups excluding carboxylic acids is 1. The van der Waals surface area contributed by atoms with Gasteiger partial charge in [0.25, 0.3) is 0 Å². The Labute approximate surface area is 122 Å². The van der Waals surface area contributed by atoms with Crippen LogP contribution >= 0.6 is 0 Å². The van der Waals surface area contributed by atoms with Gasteiger partial charge in [0.05, 0.1) is 12.3 Å². The first-order valence-corrected chi connectivity index (χ1v) is 7.29. The maximum absolute atomic E-state index is 13.2. The molecular formula is C16H19F3O2. The normalized spacial score (nSPS) is 18.2. The van der Waals surface area contributed by atoms with Crippen molar-refractivity contribution in [1.82, 2.24) is 0 Å². The van der Waals surface area contributed by atoms with Crippen molar-refractivity contribution in [2.45, 2.75) is 44.7 Å². The van der Waals surface area contributed by atoms with E-state index >= 15 is 0 Å². The van der Waals surface area contributed by atoms with Gasteiger partial charge in [0.2, 0.25) is 0 Å². The molecule has 0 N–H and O–H groups in total. The van der Waals surface area contributed by atoms with Crippen molar-refractivity contribution in [3.63, 3.8) is 0 Å². The van der Waals surface area contributed by atoms with Crippen molar-refractivity contribution in [2.24, 2.45) is 11.8 Å². The maximum Gasteiger partial charge on any atom is 0.392 e. The molecule has 116 valence electrons. The molecule has 0 spiro atoms. The summed E-state index contributed by atoms with van der Waals surface area (Å²) in [5.41, 5.74) is 0. The minimum atomic E-state index is -4.35. The molecule has 0 aromatic heterocycles. The van der Waals surface area contributed by atoms with Crippen molar-refractivity contribution >= 4 is 5.97 Å². The number of para-hydroxylation sites is 1. The second-order valence-electron chi connectivity index (χ2n) is 5.54. The molecule has 0 aliphatic heterocycles. The molecule has 0 saturated heterocycles. The topological polar surface area (TPSA) is 26.3 Å². The number of esters is 1. The van der Waals surface area contributed by atoms with Crippen molar-refractivity contribution < 1.29 is 22.7 Å². The average Bonchev–Trinajstić information content (AvgIpc) is 2.45. The number of hydrogen-bond acceptors (Lipinski definition) is 2. The van der Waals surface area contributed by atoms with E-state index < -0.39 is 30.4 Å². The highest BCUT2D eigenvalue weighted by Gasteiger charge is 2.46. The van der Waals surface area contributed by atoms with Gasteiger partial charge >= 0.3 is 12.1 Å². The van der Waals surface area contributed by atoms with Gasteiger partial charge < -0.3 is 4.74 Å². The Balaban J connectivity index is 1.99. The largest absolute Gasteiger partial charge is 0.427 e. The molecule has 1 aromatic carbocycles. The molecule has 1 aliphatic carbocycles. The number of halogens is 3. The van der Waals surface area contributed by atoms with Crippen LogP contribution in [0.25, 0.3) is 0 Å². The molecule has 21 heavy (non-hydrogen) atoms. The van der Waals surface area contributed by atoms with Crippen LogP contribution in [0.5, 0.6) is 5.75 Å². The zero-order valence-corrected chi connectivity index (χ0v) is 11.7. The summed E-state index contributed by atoms with van der Waals surface area (Å²) in [4.78, 5) is 11.8. The van der Waals surface area contributed by atoms with Crippen LogP contribution < -0.4 is 4.74 Å². The van der Waals surface area contributed by atoms with Gasteiger partial charge in [0, 0.05) is 0 Å². The Morgan fingerprint density at radius 2 is 1.76 bits per heavy atom. The van der Waals surface area contributed by atoms with Crippen LogP contribution in [0.15, 0.2) is 30.3 Å². The molecule has 1 atom stereocenters. The van der Waals surface area contributed by atoms with E-state index in [-0.39, 0.29) is 5.75 Å². The Bertz CT molecular complexity index is 450. The fourth-order valence-corrected chi connectivity index (χ4v) is 2.93. The van der Waals surface area contributed by atoms with Gasteiger partial charge in [-0.15, -0.1) is 0 Å². The second-order valence-corrected chi connectivity index (χ2v) is 5.54. The number of benzene rings is 1. The highest BCUT2D eigenvalue weighted by atomic mass is 19.4. The summed E-state index contributed by atoms with van der Waals surface area (Å²) < 4.78 is 44.6. The van der Waals surface area contributed by atoms with Gasteiger partial charge in [0.15, 0.2) is 0 Å². The second kappa shape index (κ2) is 6.96. The highest BCUT2D eigenvalue weighted by molar-refractivity contribution is 5.72. The van der Waals surface area contributed by atoms with Crippen LogP contribution in [0.4, 0.5) is 13.2 Å². The lowest BCUT2D eigenvalue weighted by Gasteiger charge is -2.31. The van der Waals surface area contributed by atoms with Crippen LogP contribution in [-0.2, 0) is 4.79 Å². The first kappa shape index (κ1) is 15.9. The summed E-state index contributed by atoms with van der Waals surface area (Å²) in [6.07, 6.45) is -1.25. The molecule has 0 amide bonds.